The minimum Gasteiger partial charge on any atom is -0.466 e. The fraction of sp³-hybridized carbons (Fsp3) is 0.267. The number of nitrogens with zero attached hydrogens (tertiary/aromatic N) is 1. The Labute approximate surface area is 121 Å². The number of hydrogen-bond acceptors (Lipinski definition) is 3. The molecule has 0 amide bonds. The summed E-state index contributed by atoms with van der Waals surface area (Å²) in [6.45, 7) is 5.97. The lowest BCUT2D eigenvalue weighted by Gasteiger charge is -2.15. The Balaban J connectivity index is 2.24. The van der Waals surface area contributed by atoms with Gasteiger partial charge < -0.3 is 9.73 Å². The fourth-order valence-electron chi connectivity index (χ4n) is 2.15. The van der Waals surface area contributed by atoms with Crippen molar-refractivity contribution >= 4 is 21.6 Å². The Kier molecular flexibility index (Phi) is 3.96. The van der Waals surface area contributed by atoms with Crippen molar-refractivity contribution in [2.24, 2.45) is 0 Å². The number of hydrogen-bond donors (Lipinski definition) is 1. The van der Waals surface area contributed by atoms with Crippen molar-refractivity contribution in [1.82, 2.24) is 0 Å². The first kappa shape index (κ1) is 13.7. The standard InChI is InChI=1S/C15H15BrN2O/c1-9-4-15(11(3)19-9)10(2)18-14-6-12(8-17)5-13(16)7-14/h4-7,10,18H,1-3H3. The normalized spacial score (nSPS) is 11.9. The third-order valence-corrected chi connectivity index (χ3v) is 3.41. The molecular weight excluding hydrogens is 304 g/mol. The molecule has 0 radical (unpaired) electrons. The number of aryl methyl sites for hydroxylation is 2. The first-order valence-corrected chi connectivity index (χ1v) is 6.83. The number of furan rings is 1. The number of nitrogens with one attached hydrogen (secondary N) is 1. The largest absolute Gasteiger partial charge is 0.466 e. The van der Waals surface area contributed by atoms with Gasteiger partial charge >= 0.3 is 0 Å². The van der Waals surface area contributed by atoms with Gasteiger partial charge in [0.15, 0.2) is 0 Å². The van der Waals surface area contributed by atoms with Crippen molar-refractivity contribution in [2.45, 2.75) is 26.8 Å². The third kappa shape index (κ3) is 3.18. The average Bonchev–Trinajstić information content (AvgIpc) is 2.67. The van der Waals surface area contributed by atoms with Crippen LogP contribution in [0.1, 0.15) is 35.6 Å². The summed E-state index contributed by atoms with van der Waals surface area (Å²) in [7, 11) is 0. The van der Waals surface area contributed by atoms with E-state index in [1.165, 1.54) is 0 Å². The first-order valence-electron chi connectivity index (χ1n) is 6.03. The lowest BCUT2D eigenvalue weighted by Crippen LogP contribution is -2.07. The molecule has 0 spiro atoms. The lowest BCUT2D eigenvalue weighted by molar-refractivity contribution is 0.500. The van der Waals surface area contributed by atoms with E-state index in [1.807, 2.05) is 32.0 Å². The number of nitriles is 1. The first-order chi connectivity index (χ1) is 8.99. The van der Waals surface area contributed by atoms with Crippen molar-refractivity contribution in [3.05, 3.63) is 51.4 Å². The van der Waals surface area contributed by atoms with Gasteiger partial charge in [-0.15, -0.1) is 0 Å². The van der Waals surface area contributed by atoms with Crippen LogP contribution in [0.5, 0.6) is 0 Å². The molecule has 19 heavy (non-hydrogen) atoms. The van der Waals surface area contributed by atoms with Gasteiger partial charge in [-0.05, 0) is 45.0 Å². The maximum absolute atomic E-state index is 8.97. The molecule has 4 heteroatoms. The molecule has 0 fully saturated rings. The quantitative estimate of drug-likeness (QED) is 0.892. The van der Waals surface area contributed by atoms with Gasteiger partial charge in [0.2, 0.25) is 0 Å². The van der Waals surface area contributed by atoms with Crippen LogP contribution < -0.4 is 5.32 Å². The smallest absolute Gasteiger partial charge is 0.106 e. The summed E-state index contributed by atoms with van der Waals surface area (Å²) in [4.78, 5) is 0. The summed E-state index contributed by atoms with van der Waals surface area (Å²) in [5.74, 6) is 1.83. The van der Waals surface area contributed by atoms with Gasteiger partial charge in [0.1, 0.15) is 11.5 Å². The Bertz CT molecular complexity index is 640. The monoisotopic (exact) mass is 318 g/mol. The van der Waals surface area contributed by atoms with Gasteiger partial charge in [0, 0.05) is 15.7 Å². The van der Waals surface area contributed by atoms with Crippen LogP contribution in [-0.2, 0) is 0 Å². The van der Waals surface area contributed by atoms with E-state index in [0.29, 0.717) is 5.56 Å². The predicted molar refractivity (Wildman–Crippen MR) is 79.1 cm³/mol. The van der Waals surface area contributed by atoms with Crippen LogP contribution in [0, 0.1) is 25.2 Å². The zero-order valence-corrected chi connectivity index (χ0v) is 12.7. The molecule has 0 bridgehead atoms. The van der Waals surface area contributed by atoms with E-state index in [4.69, 9.17) is 9.68 Å². The summed E-state index contributed by atoms with van der Waals surface area (Å²) >= 11 is 3.41. The molecule has 3 nitrogen and oxygen atoms in total. The predicted octanol–water partition coefficient (Wildman–Crippen LogP) is 4.70. The molecule has 2 rings (SSSR count). The van der Waals surface area contributed by atoms with E-state index >= 15 is 0 Å². The van der Waals surface area contributed by atoms with Crippen molar-refractivity contribution in [3.8, 4) is 6.07 Å². The van der Waals surface area contributed by atoms with E-state index in [2.05, 4.69) is 34.2 Å². The summed E-state index contributed by atoms with van der Waals surface area (Å²) in [6, 6.07) is 9.90. The fourth-order valence-corrected chi connectivity index (χ4v) is 2.64. The molecule has 0 aliphatic heterocycles. The van der Waals surface area contributed by atoms with E-state index < -0.39 is 0 Å². The van der Waals surface area contributed by atoms with E-state index in [1.54, 1.807) is 6.07 Å². The summed E-state index contributed by atoms with van der Waals surface area (Å²) in [6.07, 6.45) is 0. The van der Waals surface area contributed by atoms with Crippen molar-refractivity contribution < 1.29 is 4.42 Å². The highest BCUT2D eigenvalue weighted by molar-refractivity contribution is 9.10. The van der Waals surface area contributed by atoms with Gasteiger partial charge in [-0.3, -0.25) is 0 Å². The maximum atomic E-state index is 8.97. The van der Waals surface area contributed by atoms with Crippen molar-refractivity contribution in [3.63, 3.8) is 0 Å². The summed E-state index contributed by atoms with van der Waals surface area (Å²) in [5, 5.41) is 12.4. The number of rotatable bonds is 3. The van der Waals surface area contributed by atoms with Crippen LogP contribution in [0.25, 0.3) is 0 Å². The van der Waals surface area contributed by atoms with E-state index in [9.17, 15) is 0 Å². The van der Waals surface area contributed by atoms with Crippen molar-refractivity contribution in [2.75, 3.05) is 5.32 Å². The highest BCUT2D eigenvalue weighted by Crippen LogP contribution is 2.27. The zero-order valence-electron chi connectivity index (χ0n) is 11.1. The van der Waals surface area contributed by atoms with E-state index in [0.717, 1.165) is 27.2 Å². The molecule has 0 aliphatic rings. The minimum atomic E-state index is 0.123. The topological polar surface area (TPSA) is 49.0 Å². The molecule has 1 heterocycles. The molecular formula is C15H15BrN2O. The summed E-state index contributed by atoms with van der Waals surface area (Å²) < 4.78 is 6.43. The molecule has 1 atom stereocenters. The van der Waals surface area contributed by atoms with Crippen LogP contribution in [0.4, 0.5) is 5.69 Å². The maximum Gasteiger partial charge on any atom is 0.106 e. The van der Waals surface area contributed by atoms with Gasteiger partial charge in [-0.1, -0.05) is 15.9 Å². The van der Waals surface area contributed by atoms with Crippen LogP contribution >= 0.6 is 15.9 Å². The molecule has 0 saturated heterocycles. The molecule has 2 aromatic rings. The van der Waals surface area contributed by atoms with Gasteiger partial charge in [-0.25, -0.2) is 0 Å². The highest BCUT2D eigenvalue weighted by atomic mass is 79.9. The molecule has 0 saturated carbocycles. The Morgan fingerprint density at radius 3 is 2.58 bits per heavy atom. The number of anilines is 1. The van der Waals surface area contributed by atoms with Crippen LogP contribution in [0.3, 0.4) is 0 Å². The van der Waals surface area contributed by atoms with Crippen molar-refractivity contribution in [1.29, 1.82) is 5.26 Å². The van der Waals surface area contributed by atoms with Crippen LogP contribution in [0.15, 0.2) is 33.2 Å². The Hall–Kier alpha value is -1.73. The Morgan fingerprint density at radius 1 is 1.26 bits per heavy atom. The summed E-state index contributed by atoms with van der Waals surface area (Å²) in [5.41, 5.74) is 2.68. The Morgan fingerprint density at radius 2 is 2.00 bits per heavy atom. The van der Waals surface area contributed by atoms with Gasteiger partial charge in [0.25, 0.3) is 0 Å². The second-order valence-corrected chi connectivity index (χ2v) is 5.49. The lowest BCUT2D eigenvalue weighted by atomic mass is 10.1. The zero-order chi connectivity index (χ0) is 14.0. The second kappa shape index (κ2) is 5.50. The minimum absolute atomic E-state index is 0.123. The van der Waals surface area contributed by atoms with Gasteiger partial charge in [0.05, 0.1) is 17.7 Å². The number of halogens is 1. The van der Waals surface area contributed by atoms with Gasteiger partial charge in [-0.2, -0.15) is 5.26 Å². The third-order valence-electron chi connectivity index (χ3n) is 2.96. The van der Waals surface area contributed by atoms with Crippen LogP contribution in [0.2, 0.25) is 0 Å². The molecule has 1 unspecified atom stereocenters. The molecule has 1 aromatic heterocycles. The average molecular weight is 319 g/mol. The molecule has 1 N–H and O–H groups in total. The highest BCUT2D eigenvalue weighted by Gasteiger charge is 2.13. The van der Waals surface area contributed by atoms with Crippen LogP contribution in [-0.4, -0.2) is 0 Å². The molecule has 98 valence electrons. The van der Waals surface area contributed by atoms with E-state index in [-0.39, 0.29) is 6.04 Å². The molecule has 0 aliphatic carbocycles. The SMILES string of the molecule is Cc1cc(C(C)Nc2cc(Br)cc(C#N)c2)c(C)o1. The number of benzene rings is 1. The second-order valence-electron chi connectivity index (χ2n) is 4.57. The molecule has 1 aromatic carbocycles.